The molecule has 5 rings (SSSR count). The first kappa shape index (κ1) is 14.2. The number of hydrazone groups is 1. The summed E-state index contributed by atoms with van der Waals surface area (Å²) in [6, 6.07) is 0. The summed E-state index contributed by atoms with van der Waals surface area (Å²) < 4.78 is 0. The summed E-state index contributed by atoms with van der Waals surface area (Å²) in [5, 5.41) is 7.29. The molecule has 4 aliphatic carbocycles. The average molecular weight is 303 g/mol. The number of hydrogen-bond donors (Lipinski definition) is 2. The second-order valence-electron chi connectivity index (χ2n) is 8.96. The minimum Gasteiger partial charge on any atom is -0.345 e. The smallest absolute Gasteiger partial charge is 0.267 e. The van der Waals surface area contributed by atoms with Gasteiger partial charge in [-0.2, -0.15) is 5.10 Å². The molecule has 2 N–H and O–H groups in total. The fourth-order valence-corrected chi connectivity index (χ4v) is 6.54. The number of amides is 2. The molecule has 0 radical (unpaired) electrons. The summed E-state index contributed by atoms with van der Waals surface area (Å²) in [6.07, 6.45) is 8.04. The summed E-state index contributed by atoms with van der Waals surface area (Å²) in [5.41, 5.74) is 3.61. The van der Waals surface area contributed by atoms with Crippen molar-refractivity contribution in [2.75, 3.05) is 0 Å². The standard InChI is InChI=1S/C17H25N3O2/c1-15-5-11-6-16(2,8-15)10-17(7-11,9-15)18-14(22)12-3-4-13(21)20-19-12/h11H,3-10H2,1-2H3,(H,18,22)(H,20,21). The van der Waals surface area contributed by atoms with Gasteiger partial charge in [0.1, 0.15) is 5.71 Å². The van der Waals surface area contributed by atoms with Gasteiger partial charge in [0.15, 0.2) is 0 Å². The van der Waals surface area contributed by atoms with E-state index in [1.807, 2.05) is 0 Å². The minimum absolute atomic E-state index is 0.0516. The molecule has 120 valence electrons. The zero-order chi connectivity index (χ0) is 15.6. The molecule has 22 heavy (non-hydrogen) atoms. The topological polar surface area (TPSA) is 70.6 Å². The highest BCUT2D eigenvalue weighted by atomic mass is 16.2. The number of nitrogens with zero attached hydrogens (tertiary/aromatic N) is 1. The van der Waals surface area contributed by atoms with E-state index in [0.717, 1.165) is 25.2 Å². The maximum atomic E-state index is 12.6. The number of hydrogen-bond acceptors (Lipinski definition) is 3. The van der Waals surface area contributed by atoms with Crippen LogP contribution in [-0.4, -0.2) is 23.1 Å². The van der Waals surface area contributed by atoms with Gasteiger partial charge in [-0.3, -0.25) is 9.59 Å². The predicted molar refractivity (Wildman–Crippen MR) is 83.1 cm³/mol. The van der Waals surface area contributed by atoms with E-state index in [1.54, 1.807) is 0 Å². The van der Waals surface area contributed by atoms with Crippen molar-refractivity contribution >= 4 is 17.5 Å². The zero-order valence-corrected chi connectivity index (χ0v) is 13.5. The third-order valence-corrected chi connectivity index (χ3v) is 6.17. The molecule has 1 aliphatic heterocycles. The van der Waals surface area contributed by atoms with E-state index in [2.05, 4.69) is 29.7 Å². The Morgan fingerprint density at radius 2 is 1.82 bits per heavy atom. The number of nitrogens with one attached hydrogen (secondary N) is 2. The third kappa shape index (κ3) is 2.25. The first-order valence-electron chi connectivity index (χ1n) is 8.47. The van der Waals surface area contributed by atoms with Crippen molar-refractivity contribution in [3.8, 4) is 0 Å². The lowest BCUT2D eigenvalue weighted by atomic mass is 9.43. The number of carbonyl (C=O) groups excluding carboxylic acids is 2. The number of rotatable bonds is 2. The van der Waals surface area contributed by atoms with Crippen molar-refractivity contribution in [2.24, 2.45) is 21.8 Å². The van der Waals surface area contributed by atoms with Crippen LogP contribution in [0.4, 0.5) is 0 Å². The van der Waals surface area contributed by atoms with Crippen LogP contribution in [0, 0.1) is 16.7 Å². The first-order chi connectivity index (χ1) is 10.3. The van der Waals surface area contributed by atoms with Gasteiger partial charge in [0.2, 0.25) is 5.91 Å². The Hall–Kier alpha value is -1.39. The van der Waals surface area contributed by atoms with Crippen LogP contribution in [0.3, 0.4) is 0 Å². The highest BCUT2D eigenvalue weighted by Gasteiger charge is 2.60. The van der Waals surface area contributed by atoms with E-state index in [4.69, 9.17) is 0 Å². The van der Waals surface area contributed by atoms with Crippen LogP contribution in [0.15, 0.2) is 5.10 Å². The summed E-state index contributed by atoms with van der Waals surface area (Å²) in [6.45, 7) is 4.80. The molecule has 0 spiro atoms. The van der Waals surface area contributed by atoms with Gasteiger partial charge in [-0.1, -0.05) is 13.8 Å². The molecule has 5 aliphatic rings. The van der Waals surface area contributed by atoms with E-state index >= 15 is 0 Å². The first-order valence-corrected chi connectivity index (χ1v) is 8.47. The Balaban J connectivity index is 1.55. The maximum Gasteiger partial charge on any atom is 0.267 e. The molecule has 2 atom stereocenters. The lowest BCUT2D eigenvalue weighted by Gasteiger charge is -2.65. The van der Waals surface area contributed by atoms with E-state index in [-0.39, 0.29) is 17.4 Å². The molecule has 0 aromatic carbocycles. The van der Waals surface area contributed by atoms with Crippen molar-refractivity contribution in [3.63, 3.8) is 0 Å². The Kier molecular flexibility index (Phi) is 2.80. The average Bonchev–Trinajstić information content (AvgIpc) is 2.34. The highest BCUT2D eigenvalue weighted by molar-refractivity contribution is 6.39. The van der Waals surface area contributed by atoms with Gasteiger partial charge in [0, 0.05) is 18.4 Å². The minimum atomic E-state index is -0.105. The fraction of sp³-hybridized carbons (Fsp3) is 0.824. The van der Waals surface area contributed by atoms with Gasteiger partial charge >= 0.3 is 0 Å². The lowest BCUT2D eigenvalue weighted by molar-refractivity contribution is -0.135. The predicted octanol–water partition coefficient (Wildman–Crippen LogP) is 2.12. The van der Waals surface area contributed by atoms with Gasteiger partial charge in [-0.25, -0.2) is 5.43 Å². The van der Waals surface area contributed by atoms with Crippen molar-refractivity contribution in [1.82, 2.24) is 10.7 Å². The van der Waals surface area contributed by atoms with Crippen LogP contribution in [-0.2, 0) is 9.59 Å². The summed E-state index contributed by atoms with van der Waals surface area (Å²) in [4.78, 5) is 23.8. The summed E-state index contributed by atoms with van der Waals surface area (Å²) in [7, 11) is 0. The second-order valence-corrected chi connectivity index (χ2v) is 8.96. The Morgan fingerprint density at radius 3 is 2.36 bits per heavy atom. The molecule has 2 amide bonds. The maximum absolute atomic E-state index is 12.6. The Morgan fingerprint density at radius 1 is 1.14 bits per heavy atom. The van der Waals surface area contributed by atoms with Crippen molar-refractivity contribution in [1.29, 1.82) is 0 Å². The molecule has 0 aromatic heterocycles. The van der Waals surface area contributed by atoms with Crippen LogP contribution in [0.2, 0.25) is 0 Å². The molecule has 1 heterocycles. The molecular weight excluding hydrogens is 278 g/mol. The normalized spacial score (nSPS) is 46.2. The van der Waals surface area contributed by atoms with E-state index in [9.17, 15) is 9.59 Å². The SMILES string of the molecule is CC12CC3CC(C)(C1)CC(NC(=O)C1=NNC(=O)CC1)(C3)C2. The van der Waals surface area contributed by atoms with Crippen molar-refractivity contribution in [2.45, 2.75) is 70.8 Å². The quantitative estimate of drug-likeness (QED) is 0.820. The fourth-order valence-electron chi connectivity index (χ4n) is 6.54. The Labute approximate surface area is 131 Å². The second kappa shape index (κ2) is 4.33. The molecule has 5 heteroatoms. The monoisotopic (exact) mass is 303 g/mol. The molecule has 4 saturated carbocycles. The zero-order valence-electron chi connectivity index (χ0n) is 13.5. The number of carbonyl (C=O) groups is 2. The van der Waals surface area contributed by atoms with Crippen LogP contribution in [0.25, 0.3) is 0 Å². The third-order valence-electron chi connectivity index (χ3n) is 6.17. The van der Waals surface area contributed by atoms with Crippen molar-refractivity contribution in [3.05, 3.63) is 0 Å². The molecule has 0 saturated heterocycles. The molecule has 4 bridgehead atoms. The molecule has 5 nitrogen and oxygen atoms in total. The lowest BCUT2D eigenvalue weighted by Crippen LogP contribution is -2.65. The summed E-state index contributed by atoms with van der Waals surface area (Å²) >= 11 is 0. The molecular formula is C17H25N3O2. The molecule has 4 fully saturated rings. The van der Waals surface area contributed by atoms with Gasteiger partial charge in [-0.15, -0.1) is 0 Å². The van der Waals surface area contributed by atoms with E-state index in [1.165, 1.54) is 19.3 Å². The largest absolute Gasteiger partial charge is 0.345 e. The van der Waals surface area contributed by atoms with Gasteiger partial charge in [-0.05, 0) is 55.3 Å². The van der Waals surface area contributed by atoms with Crippen molar-refractivity contribution < 1.29 is 9.59 Å². The van der Waals surface area contributed by atoms with Gasteiger partial charge in [0.25, 0.3) is 5.91 Å². The van der Waals surface area contributed by atoms with E-state index < -0.39 is 0 Å². The van der Waals surface area contributed by atoms with Gasteiger partial charge < -0.3 is 5.32 Å². The highest BCUT2D eigenvalue weighted by Crippen LogP contribution is 2.66. The van der Waals surface area contributed by atoms with Crippen LogP contribution >= 0.6 is 0 Å². The molecule has 2 unspecified atom stereocenters. The summed E-state index contributed by atoms with van der Waals surface area (Å²) in [5.74, 6) is 0.570. The van der Waals surface area contributed by atoms with Gasteiger partial charge in [0.05, 0.1) is 0 Å². The van der Waals surface area contributed by atoms with Crippen LogP contribution < -0.4 is 10.7 Å². The van der Waals surface area contributed by atoms with Crippen LogP contribution in [0.5, 0.6) is 0 Å². The Bertz CT molecular complexity index is 564. The molecule has 0 aromatic rings. The van der Waals surface area contributed by atoms with E-state index in [0.29, 0.717) is 29.4 Å². The van der Waals surface area contributed by atoms with Crippen LogP contribution in [0.1, 0.15) is 65.2 Å².